The van der Waals surface area contributed by atoms with E-state index < -0.39 is 10.9 Å². The van der Waals surface area contributed by atoms with E-state index in [-0.39, 0.29) is 36.8 Å². The van der Waals surface area contributed by atoms with E-state index in [1.807, 2.05) is 0 Å². The van der Waals surface area contributed by atoms with Gasteiger partial charge in [0.25, 0.3) is 5.69 Å². The van der Waals surface area contributed by atoms with E-state index in [4.69, 9.17) is 9.26 Å². The van der Waals surface area contributed by atoms with Crippen molar-refractivity contribution in [1.29, 1.82) is 0 Å². The number of hydrogen-bond donors (Lipinski definition) is 0. The first-order valence-electron chi connectivity index (χ1n) is 7.99. The van der Waals surface area contributed by atoms with Gasteiger partial charge in [0.05, 0.1) is 11.3 Å². The molecule has 2 aromatic carbocycles. The van der Waals surface area contributed by atoms with Crippen LogP contribution >= 0.6 is 0 Å². The molecule has 0 radical (unpaired) electrons. The molecule has 0 unspecified atom stereocenters. The molecular weight excluding hydrogens is 357 g/mol. The molecule has 3 rings (SSSR count). The highest BCUT2D eigenvalue weighted by Gasteiger charge is 2.12. The Labute approximate surface area is 152 Å². The van der Waals surface area contributed by atoms with E-state index in [9.17, 15) is 19.3 Å². The first kappa shape index (κ1) is 18.2. The molecule has 0 aliphatic carbocycles. The summed E-state index contributed by atoms with van der Waals surface area (Å²) < 4.78 is 23.1. The van der Waals surface area contributed by atoms with E-state index in [1.54, 1.807) is 0 Å². The second-order valence-corrected chi connectivity index (χ2v) is 5.60. The van der Waals surface area contributed by atoms with Gasteiger partial charge in [0.1, 0.15) is 12.4 Å². The van der Waals surface area contributed by atoms with Crippen LogP contribution in [0.25, 0.3) is 11.4 Å². The van der Waals surface area contributed by atoms with Gasteiger partial charge in [0.2, 0.25) is 11.7 Å². The Morgan fingerprint density at radius 2 is 1.85 bits per heavy atom. The van der Waals surface area contributed by atoms with Crippen molar-refractivity contribution in [1.82, 2.24) is 10.1 Å². The van der Waals surface area contributed by atoms with Crippen LogP contribution < -0.4 is 0 Å². The molecule has 138 valence electrons. The number of non-ortho nitro benzene ring substituents is 1. The summed E-state index contributed by atoms with van der Waals surface area (Å²) in [6, 6.07) is 11.4. The van der Waals surface area contributed by atoms with Gasteiger partial charge in [-0.05, 0) is 42.0 Å². The molecule has 0 saturated heterocycles. The summed E-state index contributed by atoms with van der Waals surface area (Å²) in [5.41, 5.74) is 1.22. The highest BCUT2D eigenvalue weighted by Crippen LogP contribution is 2.17. The standard InChI is InChI=1S/C18H14FN3O5/c19-14-5-3-13(4-6-14)18-20-16(27-21-18)9-10-17(23)26-11-12-1-7-15(8-2-12)22(24)25/h1-8H,9-11H2. The third-order valence-corrected chi connectivity index (χ3v) is 3.66. The Hall–Kier alpha value is -3.62. The van der Waals surface area contributed by atoms with Crippen LogP contribution in [0.5, 0.6) is 0 Å². The Bertz CT molecular complexity index is 938. The van der Waals surface area contributed by atoms with Crippen molar-refractivity contribution in [3.8, 4) is 11.4 Å². The van der Waals surface area contributed by atoms with Gasteiger partial charge in [-0.25, -0.2) is 4.39 Å². The second-order valence-electron chi connectivity index (χ2n) is 5.60. The molecule has 1 heterocycles. The number of nitrogens with zero attached hydrogens (tertiary/aromatic N) is 3. The Morgan fingerprint density at radius 1 is 1.15 bits per heavy atom. The summed E-state index contributed by atoms with van der Waals surface area (Å²) in [5, 5.41) is 14.4. The Balaban J connectivity index is 1.48. The summed E-state index contributed by atoms with van der Waals surface area (Å²) in [7, 11) is 0. The number of aromatic nitrogens is 2. The van der Waals surface area contributed by atoms with Crippen LogP contribution in [0.3, 0.4) is 0 Å². The molecular formula is C18H14FN3O5. The molecule has 0 amide bonds. The highest BCUT2D eigenvalue weighted by atomic mass is 19.1. The van der Waals surface area contributed by atoms with Crippen molar-refractivity contribution in [2.75, 3.05) is 0 Å². The predicted octanol–water partition coefficient (Wildman–Crippen LogP) is 3.46. The van der Waals surface area contributed by atoms with Gasteiger partial charge in [-0.15, -0.1) is 0 Å². The average Bonchev–Trinajstić information content (AvgIpc) is 3.14. The smallest absolute Gasteiger partial charge is 0.306 e. The summed E-state index contributed by atoms with van der Waals surface area (Å²) in [5.74, 6) is -0.251. The maximum Gasteiger partial charge on any atom is 0.306 e. The van der Waals surface area contributed by atoms with Crippen molar-refractivity contribution in [2.45, 2.75) is 19.4 Å². The van der Waals surface area contributed by atoms with E-state index >= 15 is 0 Å². The second kappa shape index (κ2) is 8.17. The summed E-state index contributed by atoms with van der Waals surface area (Å²) in [6.07, 6.45) is 0.241. The minimum absolute atomic E-state index is 0.0154. The van der Waals surface area contributed by atoms with Crippen molar-refractivity contribution in [3.63, 3.8) is 0 Å². The number of carbonyl (C=O) groups is 1. The number of rotatable bonds is 7. The van der Waals surface area contributed by atoms with Crippen LogP contribution in [0, 0.1) is 15.9 Å². The van der Waals surface area contributed by atoms with Crippen LogP contribution in [-0.4, -0.2) is 21.0 Å². The number of esters is 1. The van der Waals surface area contributed by atoms with E-state index in [1.165, 1.54) is 48.5 Å². The number of benzene rings is 2. The quantitative estimate of drug-likeness (QED) is 0.355. The molecule has 9 heteroatoms. The topological polar surface area (TPSA) is 108 Å². The third kappa shape index (κ3) is 4.94. The van der Waals surface area contributed by atoms with Gasteiger partial charge in [0.15, 0.2) is 0 Å². The number of hydrogen-bond acceptors (Lipinski definition) is 7. The monoisotopic (exact) mass is 371 g/mol. The largest absolute Gasteiger partial charge is 0.461 e. The average molecular weight is 371 g/mol. The van der Waals surface area contributed by atoms with E-state index in [0.29, 0.717) is 17.0 Å². The lowest BCUT2D eigenvalue weighted by Gasteiger charge is -2.03. The van der Waals surface area contributed by atoms with Crippen molar-refractivity contribution < 1.29 is 23.4 Å². The number of nitro groups is 1. The Kier molecular flexibility index (Phi) is 5.50. The predicted molar refractivity (Wildman–Crippen MR) is 90.9 cm³/mol. The summed E-state index contributed by atoms with van der Waals surface area (Å²) in [4.78, 5) is 26.1. The molecule has 0 spiro atoms. The zero-order valence-electron chi connectivity index (χ0n) is 14.0. The molecule has 0 bridgehead atoms. The van der Waals surface area contributed by atoms with Gasteiger partial charge in [-0.3, -0.25) is 14.9 Å². The number of nitro benzene ring substituents is 1. The fourth-order valence-corrected chi connectivity index (χ4v) is 2.23. The minimum Gasteiger partial charge on any atom is -0.461 e. The summed E-state index contributed by atoms with van der Waals surface area (Å²) >= 11 is 0. The minimum atomic E-state index is -0.500. The Morgan fingerprint density at radius 3 is 2.52 bits per heavy atom. The molecule has 0 N–H and O–H groups in total. The van der Waals surface area contributed by atoms with Crippen LogP contribution in [0.4, 0.5) is 10.1 Å². The van der Waals surface area contributed by atoms with Crippen LogP contribution in [0.15, 0.2) is 53.1 Å². The lowest BCUT2D eigenvalue weighted by Crippen LogP contribution is -2.06. The number of ether oxygens (including phenoxy) is 1. The fourth-order valence-electron chi connectivity index (χ4n) is 2.23. The number of aryl methyl sites for hydroxylation is 1. The van der Waals surface area contributed by atoms with Gasteiger partial charge < -0.3 is 9.26 Å². The van der Waals surface area contributed by atoms with Crippen LogP contribution in [-0.2, 0) is 22.6 Å². The molecule has 0 aliphatic rings. The highest BCUT2D eigenvalue weighted by molar-refractivity contribution is 5.69. The molecule has 0 atom stereocenters. The van der Waals surface area contributed by atoms with Crippen LogP contribution in [0.1, 0.15) is 17.9 Å². The molecule has 0 saturated carbocycles. The molecule has 8 nitrogen and oxygen atoms in total. The van der Waals surface area contributed by atoms with Crippen molar-refractivity contribution in [2.24, 2.45) is 0 Å². The number of carbonyl (C=O) groups excluding carboxylic acids is 1. The lowest BCUT2D eigenvalue weighted by atomic mass is 10.2. The van der Waals surface area contributed by atoms with Crippen molar-refractivity contribution in [3.05, 3.63) is 75.9 Å². The van der Waals surface area contributed by atoms with Gasteiger partial charge >= 0.3 is 5.97 Å². The normalized spacial score (nSPS) is 10.6. The van der Waals surface area contributed by atoms with Gasteiger partial charge in [-0.1, -0.05) is 5.16 Å². The molecule has 27 heavy (non-hydrogen) atoms. The zero-order valence-corrected chi connectivity index (χ0v) is 14.0. The van der Waals surface area contributed by atoms with Crippen molar-refractivity contribution >= 4 is 11.7 Å². The maximum atomic E-state index is 12.9. The summed E-state index contributed by atoms with van der Waals surface area (Å²) in [6.45, 7) is 0.0154. The number of halogens is 1. The van der Waals surface area contributed by atoms with Gasteiger partial charge in [-0.2, -0.15) is 4.98 Å². The fraction of sp³-hybridized carbons (Fsp3) is 0.167. The van der Waals surface area contributed by atoms with E-state index in [0.717, 1.165) is 0 Å². The molecule has 0 aliphatic heterocycles. The first-order valence-corrected chi connectivity index (χ1v) is 7.99. The maximum absolute atomic E-state index is 12.9. The first-order chi connectivity index (χ1) is 13.0. The SMILES string of the molecule is O=C(CCc1nc(-c2ccc(F)cc2)no1)OCc1ccc([N+](=O)[O-])cc1. The zero-order chi connectivity index (χ0) is 19.2. The van der Waals surface area contributed by atoms with E-state index in [2.05, 4.69) is 10.1 Å². The van der Waals surface area contributed by atoms with Gasteiger partial charge in [0, 0.05) is 24.1 Å². The third-order valence-electron chi connectivity index (χ3n) is 3.66. The lowest BCUT2D eigenvalue weighted by molar-refractivity contribution is -0.384. The molecule has 1 aromatic heterocycles. The molecule has 3 aromatic rings. The van der Waals surface area contributed by atoms with Crippen LogP contribution in [0.2, 0.25) is 0 Å². The molecule has 0 fully saturated rings.